The molecule has 0 N–H and O–H groups in total. The Balaban J connectivity index is 2.87. The predicted octanol–water partition coefficient (Wildman–Crippen LogP) is 5.08. The molecule has 0 aromatic carbocycles. The van der Waals surface area contributed by atoms with Gasteiger partial charge < -0.3 is 0 Å². The second-order valence-corrected chi connectivity index (χ2v) is 11.4. The van der Waals surface area contributed by atoms with E-state index in [-0.39, 0.29) is 0 Å². The monoisotopic (exact) mass is 212 g/mol. The highest BCUT2D eigenvalue weighted by molar-refractivity contribution is 6.82. The minimum absolute atomic E-state index is 0.927. The lowest BCUT2D eigenvalue weighted by Crippen LogP contribution is -2.46. The number of rotatable bonds is 3. The smallest absolute Gasteiger partial charge is 0.0592 e. The molecule has 0 amide bonds. The molecule has 1 aliphatic rings. The van der Waals surface area contributed by atoms with Crippen molar-refractivity contribution in [2.45, 2.75) is 77.1 Å². The third kappa shape index (κ3) is 2.08. The van der Waals surface area contributed by atoms with Crippen LogP contribution in [0.2, 0.25) is 23.2 Å². The first-order chi connectivity index (χ1) is 6.54. The summed E-state index contributed by atoms with van der Waals surface area (Å²) in [6.45, 7) is 12.4. The van der Waals surface area contributed by atoms with Crippen LogP contribution in [-0.2, 0) is 0 Å². The Hall–Kier alpha value is 0.217. The lowest BCUT2D eigenvalue weighted by Gasteiger charge is -2.47. The topological polar surface area (TPSA) is 0 Å². The molecule has 1 saturated heterocycles. The normalized spacial score (nSPS) is 34.1. The zero-order valence-corrected chi connectivity index (χ0v) is 11.8. The summed E-state index contributed by atoms with van der Waals surface area (Å²) >= 11 is 0. The summed E-state index contributed by atoms with van der Waals surface area (Å²) in [4.78, 5) is 0. The van der Waals surface area contributed by atoms with Crippen LogP contribution < -0.4 is 0 Å². The molecule has 1 rings (SSSR count). The summed E-state index contributed by atoms with van der Waals surface area (Å²) in [7, 11) is -0.927. The summed E-state index contributed by atoms with van der Waals surface area (Å²) in [5.41, 5.74) is 2.11. The minimum Gasteiger partial charge on any atom is -0.0678 e. The summed E-state index contributed by atoms with van der Waals surface area (Å²) in [6, 6.07) is 3.14. The maximum absolute atomic E-state index is 2.50. The van der Waals surface area contributed by atoms with E-state index in [1.807, 2.05) is 0 Å². The van der Waals surface area contributed by atoms with Gasteiger partial charge in [0.2, 0.25) is 0 Å². The second kappa shape index (κ2) is 4.83. The van der Waals surface area contributed by atoms with E-state index in [0.29, 0.717) is 0 Å². The lowest BCUT2D eigenvalue weighted by molar-refractivity contribution is 0.479. The molecule has 0 aliphatic carbocycles. The van der Waals surface area contributed by atoms with Gasteiger partial charge in [0.05, 0.1) is 8.07 Å². The van der Waals surface area contributed by atoms with E-state index in [9.17, 15) is 0 Å². The molecule has 84 valence electrons. The van der Waals surface area contributed by atoms with Gasteiger partial charge in [0, 0.05) is 0 Å². The third-order valence-corrected chi connectivity index (χ3v) is 12.1. The van der Waals surface area contributed by atoms with Crippen LogP contribution in [0.15, 0.2) is 0 Å². The highest BCUT2D eigenvalue weighted by Gasteiger charge is 2.44. The van der Waals surface area contributed by atoms with Crippen molar-refractivity contribution in [3.05, 3.63) is 0 Å². The lowest BCUT2D eigenvalue weighted by atomic mass is 10.0. The van der Waals surface area contributed by atoms with E-state index in [1.165, 1.54) is 25.3 Å². The molecule has 0 radical (unpaired) electrons. The van der Waals surface area contributed by atoms with Crippen LogP contribution in [0, 0.1) is 5.92 Å². The molecule has 0 saturated carbocycles. The molecule has 0 spiro atoms. The zero-order valence-electron chi connectivity index (χ0n) is 10.8. The van der Waals surface area contributed by atoms with Crippen molar-refractivity contribution in [3.8, 4) is 0 Å². The van der Waals surface area contributed by atoms with E-state index in [2.05, 4.69) is 34.6 Å². The van der Waals surface area contributed by atoms with Gasteiger partial charge in [-0.3, -0.25) is 0 Å². The van der Waals surface area contributed by atoms with Crippen LogP contribution in [0.4, 0.5) is 0 Å². The first-order valence-electron chi connectivity index (χ1n) is 6.54. The fourth-order valence-electron chi connectivity index (χ4n) is 3.85. The molecule has 2 atom stereocenters. The van der Waals surface area contributed by atoms with Crippen molar-refractivity contribution in [3.63, 3.8) is 0 Å². The Labute approximate surface area is 91.5 Å². The van der Waals surface area contributed by atoms with Gasteiger partial charge in [0.1, 0.15) is 0 Å². The largest absolute Gasteiger partial charge is 0.0678 e. The molecule has 1 fully saturated rings. The van der Waals surface area contributed by atoms with Crippen molar-refractivity contribution in [2.75, 3.05) is 0 Å². The zero-order chi connectivity index (χ0) is 10.8. The first-order valence-corrected chi connectivity index (χ1v) is 9.11. The van der Waals surface area contributed by atoms with Gasteiger partial charge in [0.15, 0.2) is 0 Å². The van der Waals surface area contributed by atoms with Gasteiger partial charge in [-0.1, -0.05) is 71.5 Å². The highest BCUT2D eigenvalue weighted by atomic mass is 28.3. The highest BCUT2D eigenvalue weighted by Crippen LogP contribution is 2.50. The van der Waals surface area contributed by atoms with Crippen molar-refractivity contribution >= 4 is 8.07 Å². The van der Waals surface area contributed by atoms with Crippen LogP contribution in [0.3, 0.4) is 0 Å². The van der Waals surface area contributed by atoms with Gasteiger partial charge in [0.25, 0.3) is 0 Å². The summed E-state index contributed by atoms with van der Waals surface area (Å²) in [6.07, 6.45) is 4.57. The summed E-state index contributed by atoms with van der Waals surface area (Å²) < 4.78 is 0. The first kappa shape index (κ1) is 12.3. The van der Waals surface area contributed by atoms with Crippen molar-refractivity contribution in [1.82, 2.24) is 0 Å². The molecular weight excluding hydrogens is 184 g/mol. The number of hydrogen-bond donors (Lipinski definition) is 0. The average Bonchev–Trinajstić information content (AvgIpc) is 2.17. The van der Waals surface area contributed by atoms with Crippen LogP contribution in [0.1, 0.15) is 53.9 Å². The molecule has 0 nitrogen and oxygen atoms in total. The van der Waals surface area contributed by atoms with Gasteiger partial charge in [-0.25, -0.2) is 0 Å². The van der Waals surface area contributed by atoms with Crippen molar-refractivity contribution < 1.29 is 0 Å². The SMILES string of the molecule is CC[Si]1(C(C)C)CCCCC1C(C)C. The third-order valence-electron chi connectivity index (χ3n) is 4.76. The van der Waals surface area contributed by atoms with Gasteiger partial charge >= 0.3 is 0 Å². The average molecular weight is 212 g/mol. The fraction of sp³-hybridized carbons (Fsp3) is 1.00. The van der Waals surface area contributed by atoms with Gasteiger partial charge in [-0.15, -0.1) is 0 Å². The van der Waals surface area contributed by atoms with E-state index < -0.39 is 8.07 Å². The van der Waals surface area contributed by atoms with Gasteiger partial charge in [-0.05, 0) is 11.5 Å². The fourth-order valence-corrected chi connectivity index (χ4v) is 10.4. The maximum Gasteiger partial charge on any atom is 0.0592 e. The number of hydrogen-bond acceptors (Lipinski definition) is 0. The summed E-state index contributed by atoms with van der Waals surface area (Å²) in [5, 5.41) is 0. The molecule has 14 heavy (non-hydrogen) atoms. The quantitative estimate of drug-likeness (QED) is 0.573. The van der Waals surface area contributed by atoms with E-state index in [4.69, 9.17) is 0 Å². The Kier molecular flexibility index (Phi) is 4.24. The van der Waals surface area contributed by atoms with Crippen molar-refractivity contribution in [1.29, 1.82) is 0 Å². The van der Waals surface area contributed by atoms with Crippen LogP contribution >= 0.6 is 0 Å². The Bertz CT molecular complexity index is 174. The minimum atomic E-state index is -0.927. The standard InChI is InChI=1S/C13H28Si/c1-6-14(12(4)5)10-8-7-9-13(14)11(2)3/h11-13H,6-10H2,1-5H3. The van der Waals surface area contributed by atoms with E-state index in [1.54, 1.807) is 6.04 Å². The van der Waals surface area contributed by atoms with Gasteiger partial charge in [-0.2, -0.15) is 0 Å². The summed E-state index contributed by atoms with van der Waals surface area (Å²) in [5.74, 6) is 0.935. The van der Waals surface area contributed by atoms with Crippen LogP contribution in [0.5, 0.6) is 0 Å². The molecule has 1 heterocycles. The molecule has 0 aromatic heterocycles. The van der Waals surface area contributed by atoms with Crippen molar-refractivity contribution in [2.24, 2.45) is 5.92 Å². The molecule has 2 unspecified atom stereocenters. The van der Waals surface area contributed by atoms with E-state index >= 15 is 0 Å². The predicted molar refractivity (Wildman–Crippen MR) is 68.6 cm³/mol. The van der Waals surface area contributed by atoms with Crippen LogP contribution in [-0.4, -0.2) is 8.07 Å². The second-order valence-electron chi connectivity index (χ2n) is 5.84. The Morgan fingerprint density at radius 1 is 1.14 bits per heavy atom. The Morgan fingerprint density at radius 3 is 2.14 bits per heavy atom. The molecule has 1 aliphatic heterocycles. The maximum atomic E-state index is 2.50. The molecule has 0 aromatic rings. The molecule has 0 bridgehead atoms. The Morgan fingerprint density at radius 2 is 1.79 bits per heavy atom. The van der Waals surface area contributed by atoms with Crippen LogP contribution in [0.25, 0.3) is 0 Å². The van der Waals surface area contributed by atoms with E-state index in [0.717, 1.165) is 17.0 Å². The molecular formula is C13H28Si. The molecule has 1 heteroatoms.